The summed E-state index contributed by atoms with van der Waals surface area (Å²) in [5.41, 5.74) is 5.53. The minimum Gasteiger partial charge on any atom is -0.368 e. The van der Waals surface area contributed by atoms with Gasteiger partial charge in [0.05, 0.1) is 11.0 Å². The zero-order chi connectivity index (χ0) is 23.9. The molecule has 1 heterocycles. The number of rotatable bonds is 11. The number of nitrogens with zero attached hydrogens (tertiary/aromatic N) is 3. The Balaban J connectivity index is 3.19. The van der Waals surface area contributed by atoms with Gasteiger partial charge in [-0.05, 0) is 51.7 Å². The normalized spacial score (nSPS) is 17.9. The molecule has 31 heavy (non-hydrogen) atoms. The molecule has 0 aromatic heterocycles. The van der Waals surface area contributed by atoms with E-state index < -0.39 is 44.7 Å². The lowest BCUT2D eigenvalue weighted by Gasteiger charge is -2.35. The van der Waals surface area contributed by atoms with Crippen LogP contribution in [0.1, 0.15) is 52.9 Å². The van der Waals surface area contributed by atoms with Crippen LogP contribution in [0.25, 0.3) is 0 Å². The smallest absolute Gasteiger partial charge is 0.246 e. The van der Waals surface area contributed by atoms with Crippen molar-refractivity contribution in [1.82, 2.24) is 14.7 Å². The first-order valence-electron chi connectivity index (χ1n) is 11.0. The summed E-state index contributed by atoms with van der Waals surface area (Å²) in [5.74, 6) is -1.87. The van der Waals surface area contributed by atoms with Crippen molar-refractivity contribution in [2.45, 2.75) is 70.2 Å². The lowest BCUT2D eigenvalue weighted by Crippen LogP contribution is -2.57. The molecule has 0 unspecified atom stereocenters. The van der Waals surface area contributed by atoms with Crippen LogP contribution in [0.15, 0.2) is 0 Å². The summed E-state index contributed by atoms with van der Waals surface area (Å²) in [6.45, 7) is 7.01. The summed E-state index contributed by atoms with van der Waals surface area (Å²) in [6.07, 6.45) is 2.15. The quantitative estimate of drug-likeness (QED) is 0.479. The highest BCUT2D eigenvalue weighted by molar-refractivity contribution is 7.92. The van der Waals surface area contributed by atoms with Gasteiger partial charge in [-0.15, -0.1) is 0 Å². The molecule has 2 atom stereocenters. The van der Waals surface area contributed by atoms with Crippen LogP contribution in [-0.4, -0.2) is 98.2 Å². The number of piperidine rings is 1. The number of likely N-dealkylation sites (N-methyl/N-ethyl adjacent to an activating group) is 2. The molecule has 0 aromatic rings. The highest BCUT2D eigenvalue weighted by Gasteiger charge is 2.39. The average molecular weight is 461 g/mol. The van der Waals surface area contributed by atoms with Gasteiger partial charge < -0.3 is 20.4 Å². The van der Waals surface area contributed by atoms with Gasteiger partial charge in [-0.3, -0.25) is 14.4 Å². The number of likely N-dealkylation sites (tertiary alicyclic amines) is 1. The Morgan fingerprint density at radius 3 is 2.06 bits per heavy atom. The number of carbonyl (C=O) groups excluding carboxylic acids is 3. The maximum Gasteiger partial charge on any atom is 0.246 e. The van der Waals surface area contributed by atoms with Crippen molar-refractivity contribution in [1.29, 1.82) is 0 Å². The standard InChI is InChI=1S/C21H40N4O5S/c1-7-8-19(26)24(5)18(14-31(29,30)16-9-11-23(4)12-10-16)21(28)25(6)17(20(22)27)13-15(2)3/h15-18H,7-14H2,1-6H3,(H2,22,27)/t17-,18+/m0/s1. The van der Waals surface area contributed by atoms with E-state index in [-0.39, 0.29) is 18.2 Å². The molecule has 0 bridgehead atoms. The first kappa shape index (κ1) is 27.4. The summed E-state index contributed by atoms with van der Waals surface area (Å²) in [5, 5.41) is -0.540. The molecule has 180 valence electrons. The van der Waals surface area contributed by atoms with E-state index in [1.54, 1.807) is 0 Å². The third-order valence-corrected chi connectivity index (χ3v) is 8.28. The zero-order valence-corrected chi connectivity index (χ0v) is 20.7. The topological polar surface area (TPSA) is 121 Å². The summed E-state index contributed by atoms with van der Waals surface area (Å²) in [4.78, 5) is 42.5. The molecule has 0 spiro atoms. The Kier molecular flexibility index (Phi) is 10.4. The third kappa shape index (κ3) is 7.75. The van der Waals surface area contributed by atoms with Crippen LogP contribution in [0.2, 0.25) is 0 Å². The number of primary amides is 1. The zero-order valence-electron chi connectivity index (χ0n) is 19.8. The second kappa shape index (κ2) is 11.8. The van der Waals surface area contributed by atoms with E-state index in [2.05, 4.69) is 4.90 Å². The summed E-state index contributed by atoms with van der Waals surface area (Å²) in [6, 6.07) is -2.06. The highest BCUT2D eigenvalue weighted by atomic mass is 32.2. The fourth-order valence-corrected chi connectivity index (χ4v) is 5.92. The number of hydrogen-bond acceptors (Lipinski definition) is 6. The van der Waals surface area contributed by atoms with Gasteiger partial charge in [-0.1, -0.05) is 20.8 Å². The Hall–Kier alpha value is -1.68. The summed E-state index contributed by atoms with van der Waals surface area (Å²) >= 11 is 0. The predicted molar refractivity (Wildman–Crippen MR) is 121 cm³/mol. The molecule has 0 radical (unpaired) electrons. The minimum atomic E-state index is -3.63. The Bertz CT molecular complexity index is 732. The lowest BCUT2D eigenvalue weighted by atomic mass is 10.0. The molecule has 9 nitrogen and oxygen atoms in total. The molecule has 10 heteroatoms. The van der Waals surface area contributed by atoms with E-state index in [9.17, 15) is 22.8 Å². The van der Waals surface area contributed by atoms with Gasteiger partial charge in [0.15, 0.2) is 9.84 Å². The van der Waals surface area contributed by atoms with Crippen LogP contribution >= 0.6 is 0 Å². The average Bonchev–Trinajstić information content (AvgIpc) is 2.68. The number of nitrogens with two attached hydrogens (primary N) is 1. The summed E-state index contributed by atoms with van der Waals surface area (Å²) < 4.78 is 26.4. The van der Waals surface area contributed by atoms with Gasteiger partial charge in [0.1, 0.15) is 12.1 Å². The van der Waals surface area contributed by atoms with Crippen molar-refractivity contribution >= 4 is 27.6 Å². The van der Waals surface area contributed by atoms with Gasteiger partial charge in [0.2, 0.25) is 17.7 Å². The molecule has 0 aromatic carbocycles. The minimum absolute atomic E-state index is 0.105. The van der Waals surface area contributed by atoms with Crippen molar-refractivity contribution in [3.8, 4) is 0 Å². The van der Waals surface area contributed by atoms with Crippen LogP contribution in [0.4, 0.5) is 0 Å². The predicted octanol–water partition coefficient (Wildman–Crippen LogP) is 0.481. The first-order chi connectivity index (χ1) is 14.3. The van der Waals surface area contributed by atoms with Crippen molar-refractivity contribution in [3.05, 3.63) is 0 Å². The van der Waals surface area contributed by atoms with Gasteiger partial charge in [-0.25, -0.2) is 8.42 Å². The lowest BCUT2D eigenvalue weighted by molar-refractivity contribution is -0.146. The van der Waals surface area contributed by atoms with E-state index in [0.717, 1.165) is 0 Å². The first-order valence-corrected chi connectivity index (χ1v) is 12.7. The van der Waals surface area contributed by atoms with Crippen molar-refractivity contribution in [3.63, 3.8) is 0 Å². The van der Waals surface area contributed by atoms with Crippen LogP contribution in [-0.2, 0) is 24.2 Å². The highest BCUT2D eigenvalue weighted by Crippen LogP contribution is 2.21. The van der Waals surface area contributed by atoms with Gasteiger partial charge >= 0.3 is 0 Å². The van der Waals surface area contributed by atoms with E-state index in [0.29, 0.717) is 38.8 Å². The monoisotopic (exact) mass is 460 g/mol. The SMILES string of the molecule is CCCC(=O)N(C)[C@H](CS(=O)(=O)C1CCN(C)CC1)C(=O)N(C)[C@@H](CC(C)C)C(N)=O. The van der Waals surface area contributed by atoms with Gasteiger partial charge in [0.25, 0.3) is 0 Å². The molecule has 0 aliphatic carbocycles. The molecule has 1 aliphatic rings. The van der Waals surface area contributed by atoms with Gasteiger partial charge in [0, 0.05) is 20.5 Å². The van der Waals surface area contributed by atoms with Crippen LogP contribution < -0.4 is 5.73 Å². The molecule has 1 saturated heterocycles. The number of hydrogen-bond donors (Lipinski definition) is 1. The maximum absolute atomic E-state index is 13.4. The molecule has 2 N–H and O–H groups in total. The molecule has 1 fully saturated rings. The van der Waals surface area contributed by atoms with Crippen molar-refractivity contribution in [2.24, 2.45) is 11.7 Å². The largest absolute Gasteiger partial charge is 0.368 e. The third-order valence-electron chi connectivity index (χ3n) is 6.01. The fraction of sp³-hybridized carbons (Fsp3) is 0.857. The number of amides is 3. The molecular weight excluding hydrogens is 420 g/mol. The Morgan fingerprint density at radius 1 is 1.06 bits per heavy atom. The van der Waals surface area contributed by atoms with Crippen LogP contribution in [0, 0.1) is 5.92 Å². The summed E-state index contributed by atoms with van der Waals surface area (Å²) in [7, 11) is 1.22. The van der Waals surface area contributed by atoms with Gasteiger partial charge in [-0.2, -0.15) is 0 Å². The fourth-order valence-electron chi connectivity index (χ4n) is 3.91. The Morgan fingerprint density at radius 2 is 1.61 bits per heavy atom. The maximum atomic E-state index is 13.4. The van der Waals surface area contributed by atoms with E-state index >= 15 is 0 Å². The Labute approximate surface area is 187 Å². The molecule has 1 aliphatic heterocycles. The molecule has 0 saturated carbocycles. The van der Waals surface area contributed by atoms with Crippen molar-refractivity contribution < 1.29 is 22.8 Å². The van der Waals surface area contributed by atoms with E-state index in [1.165, 1.54) is 23.9 Å². The second-order valence-corrected chi connectivity index (χ2v) is 11.4. The molecular formula is C21H40N4O5S. The second-order valence-electron chi connectivity index (χ2n) is 9.10. The number of carbonyl (C=O) groups is 3. The molecule has 1 rings (SSSR count). The van der Waals surface area contributed by atoms with E-state index in [4.69, 9.17) is 5.73 Å². The number of sulfone groups is 1. The van der Waals surface area contributed by atoms with Crippen molar-refractivity contribution in [2.75, 3.05) is 40.0 Å². The van der Waals surface area contributed by atoms with Crippen LogP contribution in [0.3, 0.4) is 0 Å². The van der Waals surface area contributed by atoms with E-state index in [1.807, 2.05) is 27.8 Å². The molecule has 3 amide bonds. The van der Waals surface area contributed by atoms with Crippen LogP contribution in [0.5, 0.6) is 0 Å².